The third kappa shape index (κ3) is 3.76. The second-order valence-corrected chi connectivity index (χ2v) is 6.41. The zero-order valence-corrected chi connectivity index (χ0v) is 14.4. The van der Waals surface area contributed by atoms with E-state index in [1.54, 1.807) is 12.1 Å². The monoisotopic (exact) mass is 373 g/mol. The van der Waals surface area contributed by atoms with E-state index in [0.29, 0.717) is 5.56 Å². The molecule has 2 aromatic rings. The lowest BCUT2D eigenvalue weighted by Crippen LogP contribution is -2.33. The summed E-state index contributed by atoms with van der Waals surface area (Å²) in [6, 6.07) is 7.80. The van der Waals surface area contributed by atoms with E-state index >= 15 is 0 Å². The van der Waals surface area contributed by atoms with Crippen molar-refractivity contribution in [2.24, 2.45) is 0 Å². The summed E-state index contributed by atoms with van der Waals surface area (Å²) < 4.78 is 14.0. The van der Waals surface area contributed by atoms with Crippen LogP contribution in [0.15, 0.2) is 36.4 Å². The summed E-state index contributed by atoms with van der Waals surface area (Å²) in [5.41, 5.74) is -0.768. The molecule has 140 valence electrons. The summed E-state index contributed by atoms with van der Waals surface area (Å²) in [4.78, 5) is 35.3. The second kappa shape index (κ2) is 7.10. The molecule has 2 aromatic carbocycles. The Morgan fingerprint density at radius 3 is 2.41 bits per heavy atom. The van der Waals surface area contributed by atoms with Crippen molar-refractivity contribution in [3.8, 4) is 0 Å². The summed E-state index contributed by atoms with van der Waals surface area (Å²) in [7, 11) is 0. The van der Waals surface area contributed by atoms with Crippen LogP contribution in [0.2, 0.25) is 0 Å². The van der Waals surface area contributed by atoms with Gasteiger partial charge in [0.15, 0.2) is 0 Å². The van der Waals surface area contributed by atoms with Crippen molar-refractivity contribution in [3.05, 3.63) is 79.1 Å². The number of halogens is 1. The van der Waals surface area contributed by atoms with Gasteiger partial charge in [-0.2, -0.15) is 0 Å². The van der Waals surface area contributed by atoms with E-state index in [4.69, 9.17) is 0 Å². The van der Waals surface area contributed by atoms with Crippen LogP contribution < -0.4 is 0 Å². The molecule has 0 atom stereocenters. The van der Waals surface area contributed by atoms with Crippen LogP contribution in [0.1, 0.15) is 34.3 Å². The number of hydrogen-bond donors (Lipinski definition) is 0. The molecular formula is C18H16FN3O5. The van der Waals surface area contributed by atoms with Crippen molar-refractivity contribution >= 4 is 17.3 Å². The zero-order valence-electron chi connectivity index (χ0n) is 14.4. The Hall–Kier alpha value is -3.36. The van der Waals surface area contributed by atoms with Gasteiger partial charge in [0.25, 0.3) is 17.3 Å². The van der Waals surface area contributed by atoms with Gasteiger partial charge in [-0.3, -0.25) is 25.0 Å². The molecule has 8 nitrogen and oxygen atoms in total. The largest absolute Gasteiger partial charge is 0.331 e. The van der Waals surface area contributed by atoms with Crippen LogP contribution in [0.5, 0.6) is 0 Å². The first-order valence-electron chi connectivity index (χ1n) is 8.27. The standard InChI is InChI=1S/C18H16FN3O5/c1-11-15(8-14(21(24)25)9-17(11)22(26)27)18(23)20(13-6-7-13)10-12-4-2-3-5-16(12)19/h2-5,8-9,13H,6-7,10H2,1H3. The highest BCUT2D eigenvalue weighted by Crippen LogP contribution is 2.34. The van der Waals surface area contributed by atoms with Gasteiger partial charge in [-0.05, 0) is 25.8 Å². The molecule has 9 heteroatoms. The third-order valence-electron chi connectivity index (χ3n) is 4.55. The van der Waals surface area contributed by atoms with Crippen LogP contribution in [0.4, 0.5) is 15.8 Å². The molecule has 27 heavy (non-hydrogen) atoms. The van der Waals surface area contributed by atoms with E-state index in [9.17, 15) is 29.4 Å². The lowest BCUT2D eigenvalue weighted by molar-refractivity contribution is -0.394. The average molecular weight is 373 g/mol. The Balaban J connectivity index is 2.03. The Bertz CT molecular complexity index is 943. The number of nitro groups is 2. The van der Waals surface area contributed by atoms with Crippen LogP contribution in [0.25, 0.3) is 0 Å². The molecule has 3 rings (SSSR count). The molecular weight excluding hydrogens is 357 g/mol. The Kier molecular flexibility index (Phi) is 4.85. The lowest BCUT2D eigenvalue weighted by Gasteiger charge is -2.23. The van der Waals surface area contributed by atoms with Crippen molar-refractivity contribution in [2.45, 2.75) is 32.4 Å². The summed E-state index contributed by atoms with van der Waals surface area (Å²) in [5, 5.41) is 22.4. The first kappa shape index (κ1) is 18.4. The van der Waals surface area contributed by atoms with Gasteiger partial charge in [0, 0.05) is 29.8 Å². The molecule has 0 N–H and O–H groups in total. The van der Waals surface area contributed by atoms with Gasteiger partial charge >= 0.3 is 0 Å². The number of rotatable bonds is 6. The minimum absolute atomic E-state index is 0.00783. The molecule has 1 aliphatic carbocycles. The fourth-order valence-corrected chi connectivity index (χ4v) is 2.92. The number of amides is 1. The first-order valence-corrected chi connectivity index (χ1v) is 8.27. The van der Waals surface area contributed by atoms with Crippen LogP contribution >= 0.6 is 0 Å². The summed E-state index contributed by atoms with van der Waals surface area (Å²) in [5.74, 6) is -1.04. The smallest absolute Gasteiger partial charge is 0.279 e. The molecule has 0 bridgehead atoms. The number of nitrogens with zero attached hydrogens (tertiary/aromatic N) is 3. The van der Waals surface area contributed by atoms with Crippen molar-refractivity contribution in [1.82, 2.24) is 4.90 Å². The highest BCUT2D eigenvalue weighted by atomic mass is 19.1. The number of carbonyl (C=O) groups excluding carboxylic acids is 1. The van der Waals surface area contributed by atoms with Gasteiger partial charge in [0.2, 0.25) is 0 Å². The van der Waals surface area contributed by atoms with E-state index in [0.717, 1.165) is 25.0 Å². The predicted molar refractivity (Wildman–Crippen MR) is 93.8 cm³/mol. The summed E-state index contributed by atoms with van der Waals surface area (Å²) in [6.07, 6.45) is 1.46. The molecule has 0 unspecified atom stereocenters. The fourth-order valence-electron chi connectivity index (χ4n) is 2.92. The quantitative estimate of drug-likeness (QED) is 0.566. The van der Waals surface area contributed by atoms with Gasteiger partial charge in [-0.1, -0.05) is 18.2 Å². The maximum atomic E-state index is 14.0. The van der Waals surface area contributed by atoms with E-state index < -0.39 is 32.9 Å². The summed E-state index contributed by atoms with van der Waals surface area (Å²) in [6.45, 7) is 1.37. The van der Waals surface area contributed by atoms with Gasteiger partial charge in [0.05, 0.1) is 21.5 Å². The number of hydrogen-bond acceptors (Lipinski definition) is 5. The van der Waals surface area contributed by atoms with E-state index in [1.165, 1.54) is 24.0 Å². The van der Waals surface area contributed by atoms with Gasteiger partial charge < -0.3 is 4.90 Å². The minimum Gasteiger partial charge on any atom is -0.331 e. The van der Waals surface area contributed by atoms with E-state index in [-0.39, 0.29) is 23.7 Å². The lowest BCUT2D eigenvalue weighted by atomic mass is 10.0. The van der Waals surface area contributed by atoms with E-state index in [1.807, 2.05) is 0 Å². The first-order chi connectivity index (χ1) is 12.8. The number of benzene rings is 2. The van der Waals surface area contributed by atoms with Crippen LogP contribution in [0, 0.1) is 33.0 Å². The summed E-state index contributed by atoms with van der Waals surface area (Å²) >= 11 is 0. The molecule has 0 aliphatic heterocycles. The second-order valence-electron chi connectivity index (χ2n) is 6.41. The van der Waals surface area contributed by atoms with Gasteiger partial charge in [0.1, 0.15) is 5.82 Å². The van der Waals surface area contributed by atoms with Crippen molar-refractivity contribution < 1.29 is 19.0 Å². The van der Waals surface area contributed by atoms with Crippen LogP contribution in [-0.4, -0.2) is 26.7 Å². The van der Waals surface area contributed by atoms with Crippen LogP contribution in [0.3, 0.4) is 0 Å². The molecule has 0 heterocycles. The molecule has 0 spiro atoms. The van der Waals surface area contributed by atoms with Crippen molar-refractivity contribution in [1.29, 1.82) is 0 Å². The zero-order chi connectivity index (χ0) is 19.7. The van der Waals surface area contributed by atoms with E-state index in [2.05, 4.69) is 0 Å². The predicted octanol–water partition coefficient (Wildman–Crippen LogP) is 3.76. The van der Waals surface area contributed by atoms with Crippen LogP contribution in [-0.2, 0) is 6.54 Å². The maximum Gasteiger partial charge on any atom is 0.279 e. The topological polar surface area (TPSA) is 107 Å². The third-order valence-corrected chi connectivity index (χ3v) is 4.55. The van der Waals surface area contributed by atoms with Gasteiger partial charge in [-0.25, -0.2) is 4.39 Å². The molecule has 0 aromatic heterocycles. The molecule has 1 amide bonds. The Morgan fingerprint density at radius 1 is 1.19 bits per heavy atom. The molecule has 0 radical (unpaired) electrons. The SMILES string of the molecule is Cc1c(C(=O)N(Cc2ccccc2F)C2CC2)cc([N+](=O)[O-])cc1[N+](=O)[O-]. The highest BCUT2D eigenvalue weighted by Gasteiger charge is 2.36. The molecule has 1 aliphatic rings. The number of nitro benzene ring substituents is 2. The normalized spacial score (nSPS) is 13.3. The molecule has 1 saturated carbocycles. The molecule has 1 fully saturated rings. The van der Waals surface area contributed by atoms with Crippen molar-refractivity contribution in [3.63, 3.8) is 0 Å². The number of carbonyl (C=O) groups is 1. The maximum absolute atomic E-state index is 14.0. The minimum atomic E-state index is -0.776. The fraction of sp³-hybridized carbons (Fsp3) is 0.278. The average Bonchev–Trinajstić information content (AvgIpc) is 3.45. The number of non-ortho nitro benzene ring substituents is 1. The van der Waals surface area contributed by atoms with Crippen molar-refractivity contribution in [2.75, 3.05) is 0 Å². The molecule has 0 saturated heterocycles. The highest BCUT2D eigenvalue weighted by molar-refractivity contribution is 5.97. The van der Waals surface area contributed by atoms with Gasteiger partial charge in [-0.15, -0.1) is 0 Å². The Morgan fingerprint density at radius 2 is 1.85 bits per heavy atom. The Labute approximate surface area is 153 Å².